The van der Waals surface area contributed by atoms with Crippen LogP contribution in [0.3, 0.4) is 0 Å². The molecule has 1 saturated carbocycles. The number of nitrogens with two attached hydrogens (primary N) is 1. The molecule has 18 heavy (non-hydrogen) atoms. The first kappa shape index (κ1) is 13.6. The summed E-state index contributed by atoms with van der Waals surface area (Å²) in [6, 6.07) is 11.0. The van der Waals surface area contributed by atoms with Gasteiger partial charge in [-0.15, -0.1) is 0 Å². The second-order valence-corrected chi connectivity index (χ2v) is 5.69. The minimum Gasteiger partial charge on any atom is -0.379 e. The Morgan fingerprint density at radius 3 is 2.39 bits per heavy atom. The van der Waals surface area contributed by atoms with Crippen molar-refractivity contribution in [3.05, 3.63) is 35.9 Å². The van der Waals surface area contributed by atoms with E-state index < -0.39 is 0 Å². The van der Waals surface area contributed by atoms with Gasteiger partial charge in [0, 0.05) is 18.1 Å². The molecule has 2 rings (SSSR count). The van der Waals surface area contributed by atoms with Crippen molar-refractivity contribution in [3.63, 3.8) is 0 Å². The highest BCUT2D eigenvalue weighted by atomic mass is 16.5. The number of rotatable bonds is 6. The van der Waals surface area contributed by atoms with Gasteiger partial charge in [-0.2, -0.15) is 0 Å². The summed E-state index contributed by atoms with van der Waals surface area (Å²) >= 11 is 0. The summed E-state index contributed by atoms with van der Waals surface area (Å²) in [4.78, 5) is 0. The molecule has 1 aliphatic carbocycles. The Hall–Kier alpha value is -0.860. The molecule has 0 radical (unpaired) electrons. The third kappa shape index (κ3) is 2.76. The van der Waals surface area contributed by atoms with E-state index in [1.54, 1.807) is 0 Å². The van der Waals surface area contributed by atoms with Crippen LogP contribution in [-0.4, -0.2) is 18.8 Å². The molecule has 1 atom stereocenters. The van der Waals surface area contributed by atoms with E-state index in [0.29, 0.717) is 6.10 Å². The summed E-state index contributed by atoms with van der Waals surface area (Å²) in [6.07, 6.45) is 4.99. The van der Waals surface area contributed by atoms with Gasteiger partial charge in [0.25, 0.3) is 0 Å². The molecule has 0 spiro atoms. The lowest BCUT2D eigenvalue weighted by atomic mass is 9.60. The zero-order valence-corrected chi connectivity index (χ0v) is 11.6. The van der Waals surface area contributed by atoms with Crippen LogP contribution in [0.1, 0.15) is 45.1 Å². The molecule has 1 aliphatic rings. The monoisotopic (exact) mass is 247 g/mol. The van der Waals surface area contributed by atoms with E-state index in [1.807, 2.05) is 0 Å². The Bertz CT molecular complexity index is 357. The van der Waals surface area contributed by atoms with Crippen LogP contribution in [0.2, 0.25) is 0 Å². The van der Waals surface area contributed by atoms with Gasteiger partial charge < -0.3 is 10.5 Å². The normalized spacial score (nSPS) is 19.6. The van der Waals surface area contributed by atoms with Crippen molar-refractivity contribution in [2.75, 3.05) is 6.61 Å². The minimum absolute atomic E-state index is 0.210. The van der Waals surface area contributed by atoms with Crippen LogP contribution in [0.4, 0.5) is 0 Å². The molecule has 0 saturated heterocycles. The van der Waals surface area contributed by atoms with Gasteiger partial charge >= 0.3 is 0 Å². The van der Waals surface area contributed by atoms with E-state index >= 15 is 0 Å². The fourth-order valence-corrected chi connectivity index (χ4v) is 2.91. The Labute approximate surface area is 111 Å². The van der Waals surface area contributed by atoms with Crippen LogP contribution >= 0.6 is 0 Å². The zero-order valence-electron chi connectivity index (χ0n) is 11.6. The Morgan fingerprint density at radius 1 is 1.22 bits per heavy atom. The summed E-state index contributed by atoms with van der Waals surface area (Å²) in [6.45, 7) is 4.91. The van der Waals surface area contributed by atoms with Crippen LogP contribution in [0.5, 0.6) is 0 Å². The maximum absolute atomic E-state index is 6.45. The number of hydrogen-bond donors (Lipinski definition) is 1. The summed E-state index contributed by atoms with van der Waals surface area (Å²) in [5.74, 6) is 0. The molecule has 0 aliphatic heterocycles. The fourth-order valence-electron chi connectivity index (χ4n) is 2.91. The van der Waals surface area contributed by atoms with Gasteiger partial charge in [0.1, 0.15) is 0 Å². The predicted molar refractivity (Wildman–Crippen MR) is 75.7 cm³/mol. The molecule has 1 unspecified atom stereocenters. The van der Waals surface area contributed by atoms with Gasteiger partial charge in [0.05, 0.1) is 6.10 Å². The van der Waals surface area contributed by atoms with Crippen molar-refractivity contribution >= 4 is 0 Å². The van der Waals surface area contributed by atoms with Crippen molar-refractivity contribution in [2.24, 2.45) is 5.73 Å². The highest BCUT2D eigenvalue weighted by Gasteiger charge is 2.43. The molecular weight excluding hydrogens is 222 g/mol. The summed E-state index contributed by atoms with van der Waals surface area (Å²) in [7, 11) is 0. The summed E-state index contributed by atoms with van der Waals surface area (Å²) < 4.78 is 5.63. The van der Waals surface area contributed by atoms with Crippen molar-refractivity contribution < 1.29 is 4.74 Å². The Balaban J connectivity index is 1.99. The molecule has 100 valence electrons. The molecular formula is C16H25NO. The zero-order chi connectivity index (χ0) is 13.0. The van der Waals surface area contributed by atoms with E-state index in [1.165, 1.54) is 24.8 Å². The third-order valence-electron chi connectivity index (χ3n) is 4.18. The van der Waals surface area contributed by atoms with Crippen molar-refractivity contribution in [1.29, 1.82) is 0 Å². The molecule has 1 aromatic rings. The molecule has 2 nitrogen and oxygen atoms in total. The van der Waals surface area contributed by atoms with E-state index in [0.717, 1.165) is 13.0 Å². The van der Waals surface area contributed by atoms with E-state index in [2.05, 4.69) is 44.2 Å². The lowest BCUT2D eigenvalue weighted by Gasteiger charge is -2.47. The molecule has 1 aromatic carbocycles. The van der Waals surface area contributed by atoms with Gasteiger partial charge in [-0.05, 0) is 38.7 Å². The lowest BCUT2D eigenvalue weighted by Crippen LogP contribution is -2.50. The van der Waals surface area contributed by atoms with Gasteiger partial charge in [0.2, 0.25) is 0 Å². The Morgan fingerprint density at radius 2 is 1.89 bits per heavy atom. The first-order valence-corrected chi connectivity index (χ1v) is 7.08. The van der Waals surface area contributed by atoms with Crippen molar-refractivity contribution in [2.45, 2.75) is 57.1 Å². The molecule has 2 heteroatoms. The van der Waals surface area contributed by atoms with Gasteiger partial charge in [-0.3, -0.25) is 0 Å². The fraction of sp³-hybridized carbons (Fsp3) is 0.625. The molecule has 2 N–H and O–H groups in total. The summed E-state index contributed by atoms with van der Waals surface area (Å²) in [5, 5.41) is 0. The molecule has 0 amide bonds. The first-order chi connectivity index (χ1) is 8.65. The van der Waals surface area contributed by atoms with E-state index in [-0.39, 0.29) is 11.5 Å². The van der Waals surface area contributed by atoms with Crippen LogP contribution in [-0.2, 0) is 10.2 Å². The second-order valence-electron chi connectivity index (χ2n) is 5.69. The van der Waals surface area contributed by atoms with Gasteiger partial charge in [0.15, 0.2) is 0 Å². The third-order valence-corrected chi connectivity index (χ3v) is 4.18. The van der Waals surface area contributed by atoms with Gasteiger partial charge in [-0.1, -0.05) is 36.8 Å². The van der Waals surface area contributed by atoms with Gasteiger partial charge in [-0.25, -0.2) is 0 Å². The van der Waals surface area contributed by atoms with Crippen LogP contribution in [0.25, 0.3) is 0 Å². The average molecular weight is 247 g/mol. The maximum Gasteiger partial charge on any atom is 0.0518 e. The standard InChI is InChI=1S/C16H25NO/c1-13(2)18-12-9-15(17)16(10-6-11-16)14-7-4-3-5-8-14/h3-5,7-8,13,15H,6,9-12,17H2,1-2H3. The van der Waals surface area contributed by atoms with Crippen LogP contribution < -0.4 is 5.73 Å². The van der Waals surface area contributed by atoms with E-state index in [9.17, 15) is 0 Å². The van der Waals surface area contributed by atoms with Crippen LogP contribution in [0.15, 0.2) is 30.3 Å². The van der Waals surface area contributed by atoms with Crippen molar-refractivity contribution in [3.8, 4) is 0 Å². The predicted octanol–water partition coefficient (Wildman–Crippen LogP) is 3.25. The number of benzene rings is 1. The molecule has 0 aromatic heterocycles. The maximum atomic E-state index is 6.45. The molecule has 0 bridgehead atoms. The highest BCUT2D eigenvalue weighted by molar-refractivity contribution is 5.30. The summed E-state index contributed by atoms with van der Waals surface area (Å²) in [5.41, 5.74) is 8.07. The average Bonchev–Trinajstić information content (AvgIpc) is 2.28. The lowest BCUT2D eigenvalue weighted by molar-refractivity contribution is 0.0611. The molecule has 0 heterocycles. The molecule has 1 fully saturated rings. The van der Waals surface area contributed by atoms with E-state index in [4.69, 9.17) is 10.5 Å². The van der Waals surface area contributed by atoms with Crippen molar-refractivity contribution in [1.82, 2.24) is 0 Å². The Kier molecular flexibility index (Phi) is 4.41. The van der Waals surface area contributed by atoms with Crippen LogP contribution in [0, 0.1) is 0 Å². The largest absolute Gasteiger partial charge is 0.379 e. The SMILES string of the molecule is CC(C)OCCC(N)C1(c2ccccc2)CCC1. The number of ether oxygens (including phenoxy) is 1. The smallest absolute Gasteiger partial charge is 0.0518 e. The first-order valence-electron chi connectivity index (χ1n) is 7.08. The highest BCUT2D eigenvalue weighted by Crippen LogP contribution is 2.46. The quantitative estimate of drug-likeness (QED) is 0.837. The minimum atomic E-state index is 0.210. The number of hydrogen-bond acceptors (Lipinski definition) is 2. The topological polar surface area (TPSA) is 35.2 Å². The second kappa shape index (κ2) is 5.85.